The van der Waals surface area contributed by atoms with Crippen LogP contribution >= 0.6 is 0 Å². The predicted molar refractivity (Wildman–Crippen MR) is 91.5 cm³/mol. The molecule has 0 aromatic carbocycles. The molecule has 2 aliphatic heterocycles. The third kappa shape index (κ3) is 6.19. The van der Waals surface area contributed by atoms with Crippen LogP contribution in [0.15, 0.2) is 12.2 Å². The summed E-state index contributed by atoms with van der Waals surface area (Å²) in [7, 11) is 0. The number of esters is 1. The van der Waals surface area contributed by atoms with Crippen molar-refractivity contribution in [1.29, 1.82) is 0 Å². The molecular weight excluding hydrogens is 308 g/mol. The van der Waals surface area contributed by atoms with Crippen molar-refractivity contribution >= 4 is 5.97 Å². The third-order valence-electron chi connectivity index (χ3n) is 4.64. The Labute approximate surface area is 145 Å². The summed E-state index contributed by atoms with van der Waals surface area (Å²) in [6, 6.07) is 0. The summed E-state index contributed by atoms with van der Waals surface area (Å²) in [5.41, 5.74) is 0. The number of carbonyl (C=O) groups excluding carboxylic acids is 1. The van der Waals surface area contributed by atoms with E-state index in [1.54, 1.807) is 6.08 Å². The minimum absolute atomic E-state index is 0.0753. The van der Waals surface area contributed by atoms with Crippen molar-refractivity contribution in [2.24, 2.45) is 0 Å². The van der Waals surface area contributed by atoms with Gasteiger partial charge in [0, 0.05) is 6.08 Å². The molecule has 24 heavy (non-hydrogen) atoms. The highest BCUT2D eigenvalue weighted by atomic mass is 16.8. The van der Waals surface area contributed by atoms with Gasteiger partial charge in [0.1, 0.15) is 12.2 Å². The van der Waals surface area contributed by atoms with Gasteiger partial charge in [0.05, 0.1) is 12.2 Å². The van der Waals surface area contributed by atoms with Crippen molar-refractivity contribution in [3.8, 4) is 0 Å². The zero-order valence-electron chi connectivity index (χ0n) is 15.2. The van der Waals surface area contributed by atoms with Crippen molar-refractivity contribution in [1.82, 2.24) is 0 Å². The molecule has 2 aliphatic rings. The van der Waals surface area contributed by atoms with E-state index in [0.717, 1.165) is 32.1 Å². The SMILES string of the molecule is C[C@@H]1CCCCCCCC[C@H](O)[C@@H]2OC(C)(C)O[C@H]2/C=C/C(=O)O1. The zero-order chi connectivity index (χ0) is 17.6. The van der Waals surface area contributed by atoms with Crippen molar-refractivity contribution in [3.05, 3.63) is 12.2 Å². The molecule has 0 radical (unpaired) electrons. The van der Waals surface area contributed by atoms with Gasteiger partial charge >= 0.3 is 5.97 Å². The minimum atomic E-state index is -0.763. The van der Waals surface area contributed by atoms with Crippen LogP contribution in [-0.2, 0) is 19.0 Å². The number of fused-ring (bicyclic) bond motifs is 1. The van der Waals surface area contributed by atoms with E-state index >= 15 is 0 Å². The van der Waals surface area contributed by atoms with Gasteiger partial charge in [-0.15, -0.1) is 0 Å². The van der Waals surface area contributed by atoms with Crippen LogP contribution in [-0.4, -0.2) is 41.3 Å². The van der Waals surface area contributed by atoms with Crippen LogP contribution < -0.4 is 0 Å². The fourth-order valence-electron chi connectivity index (χ4n) is 3.39. The standard InChI is InChI=1S/C19H32O5/c1-14-10-8-6-4-5-7-9-11-15(20)18-16(12-13-17(21)22-14)23-19(2,3)24-18/h12-16,18,20H,4-11H2,1-3H3/b13-12+/t14-,15+,16+,18+/m1/s1. The Bertz CT molecular complexity index is 431. The lowest BCUT2D eigenvalue weighted by atomic mass is 10.00. The second-order valence-corrected chi connectivity index (χ2v) is 7.44. The summed E-state index contributed by atoms with van der Waals surface area (Å²) in [6.45, 7) is 5.58. The Hall–Kier alpha value is -0.910. The van der Waals surface area contributed by atoms with Crippen molar-refractivity contribution in [3.63, 3.8) is 0 Å². The lowest BCUT2D eigenvalue weighted by molar-refractivity contribution is -0.154. The van der Waals surface area contributed by atoms with Crippen molar-refractivity contribution in [2.75, 3.05) is 0 Å². The topological polar surface area (TPSA) is 65.0 Å². The maximum Gasteiger partial charge on any atom is 0.330 e. The van der Waals surface area contributed by atoms with Gasteiger partial charge < -0.3 is 19.3 Å². The van der Waals surface area contributed by atoms with Crippen LogP contribution in [0.25, 0.3) is 0 Å². The normalized spacial score (nSPS) is 37.4. The molecule has 1 saturated heterocycles. The van der Waals surface area contributed by atoms with E-state index in [4.69, 9.17) is 14.2 Å². The molecule has 0 spiro atoms. The molecule has 0 aromatic rings. The van der Waals surface area contributed by atoms with Gasteiger partial charge in [-0.2, -0.15) is 0 Å². The van der Waals surface area contributed by atoms with Crippen LogP contribution in [0.5, 0.6) is 0 Å². The summed E-state index contributed by atoms with van der Waals surface area (Å²) < 4.78 is 17.1. The summed E-state index contributed by atoms with van der Waals surface area (Å²) in [4.78, 5) is 11.9. The van der Waals surface area contributed by atoms with Gasteiger partial charge in [0.2, 0.25) is 0 Å². The first kappa shape index (κ1) is 19.4. The lowest BCUT2D eigenvalue weighted by Gasteiger charge is -2.21. The third-order valence-corrected chi connectivity index (χ3v) is 4.64. The molecule has 0 bridgehead atoms. The quantitative estimate of drug-likeness (QED) is 0.684. The van der Waals surface area contributed by atoms with Crippen LogP contribution in [0.4, 0.5) is 0 Å². The number of rotatable bonds is 0. The molecule has 0 aliphatic carbocycles. The van der Waals surface area contributed by atoms with E-state index in [-0.39, 0.29) is 12.1 Å². The van der Waals surface area contributed by atoms with Gasteiger partial charge in [-0.3, -0.25) is 0 Å². The number of ether oxygens (including phenoxy) is 3. The zero-order valence-corrected chi connectivity index (χ0v) is 15.2. The molecule has 138 valence electrons. The molecule has 0 aromatic heterocycles. The first-order valence-corrected chi connectivity index (χ1v) is 9.30. The number of aliphatic hydroxyl groups is 1. The molecule has 5 heteroatoms. The van der Waals surface area contributed by atoms with Crippen molar-refractivity contribution in [2.45, 2.75) is 102 Å². The summed E-state index contributed by atoms with van der Waals surface area (Å²) in [6.07, 6.45) is 9.81. The molecule has 2 heterocycles. The van der Waals surface area contributed by atoms with E-state index in [9.17, 15) is 9.90 Å². The number of carbonyl (C=O) groups is 1. The molecule has 0 amide bonds. The molecule has 0 saturated carbocycles. The molecule has 5 nitrogen and oxygen atoms in total. The van der Waals surface area contributed by atoms with E-state index in [2.05, 4.69) is 0 Å². The molecule has 2 rings (SSSR count). The van der Waals surface area contributed by atoms with Crippen LogP contribution in [0.3, 0.4) is 0 Å². The molecular formula is C19H32O5. The monoisotopic (exact) mass is 340 g/mol. The maximum atomic E-state index is 11.9. The molecule has 1 fully saturated rings. The second-order valence-electron chi connectivity index (χ2n) is 7.44. The van der Waals surface area contributed by atoms with E-state index in [0.29, 0.717) is 6.42 Å². The Morgan fingerprint density at radius 3 is 2.38 bits per heavy atom. The fraction of sp³-hybridized carbons (Fsp3) is 0.842. The van der Waals surface area contributed by atoms with Crippen molar-refractivity contribution < 1.29 is 24.1 Å². The van der Waals surface area contributed by atoms with Gasteiger partial charge in [0.15, 0.2) is 5.79 Å². The van der Waals surface area contributed by atoms with Gasteiger partial charge in [-0.05, 0) is 46.1 Å². The Kier molecular flexibility index (Phi) is 7.26. The first-order valence-electron chi connectivity index (χ1n) is 9.30. The molecule has 4 atom stereocenters. The molecule has 1 N–H and O–H groups in total. The number of hydrogen-bond donors (Lipinski definition) is 1. The van der Waals surface area contributed by atoms with E-state index < -0.39 is 24.1 Å². The number of hydrogen-bond acceptors (Lipinski definition) is 5. The molecule has 0 unspecified atom stereocenters. The highest BCUT2D eigenvalue weighted by molar-refractivity contribution is 5.82. The average molecular weight is 340 g/mol. The largest absolute Gasteiger partial charge is 0.460 e. The maximum absolute atomic E-state index is 11.9. The predicted octanol–water partition coefficient (Wildman–Crippen LogP) is 3.49. The number of aliphatic hydroxyl groups excluding tert-OH is 1. The first-order chi connectivity index (χ1) is 11.4. The van der Waals surface area contributed by atoms with Gasteiger partial charge in [-0.25, -0.2) is 4.79 Å². The van der Waals surface area contributed by atoms with E-state index in [1.165, 1.54) is 18.9 Å². The van der Waals surface area contributed by atoms with Gasteiger partial charge in [-0.1, -0.05) is 32.1 Å². The minimum Gasteiger partial charge on any atom is -0.460 e. The van der Waals surface area contributed by atoms with Gasteiger partial charge in [0.25, 0.3) is 0 Å². The van der Waals surface area contributed by atoms with Crippen LogP contribution in [0, 0.1) is 0 Å². The Morgan fingerprint density at radius 2 is 1.67 bits per heavy atom. The summed E-state index contributed by atoms with van der Waals surface area (Å²) in [5.74, 6) is -1.13. The number of cyclic esters (lactones) is 1. The Morgan fingerprint density at radius 1 is 1.04 bits per heavy atom. The summed E-state index contributed by atoms with van der Waals surface area (Å²) in [5, 5.41) is 10.5. The fourth-order valence-corrected chi connectivity index (χ4v) is 3.39. The smallest absolute Gasteiger partial charge is 0.330 e. The lowest BCUT2D eigenvalue weighted by Crippen LogP contribution is -2.34. The highest BCUT2D eigenvalue weighted by Crippen LogP contribution is 2.32. The van der Waals surface area contributed by atoms with Crippen LogP contribution in [0.2, 0.25) is 0 Å². The average Bonchev–Trinajstić information content (AvgIpc) is 2.82. The highest BCUT2D eigenvalue weighted by Gasteiger charge is 2.43. The summed E-state index contributed by atoms with van der Waals surface area (Å²) >= 11 is 0. The van der Waals surface area contributed by atoms with E-state index in [1.807, 2.05) is 20.8 Å². The second kappa shape index (κ2) is 8.97. The Balaban J connectivity index is 2.04. The van der Waals surface area contributed by atoms with Crippen LogP contribution in [0.1, 0.15) is 72.1 Å².